The van der Waals surface area contributed by atoms with Crippen LogP contribution in [0.5, 0.6) is 0 Å². The third kappa shape index (κ3) is 1.61. The van der Waals surface area contributed by atoms with E-state index >= 15 is 0 Å². The van der Waals surface area contributed by atoms with E-state index in [9.17, 15) is 0 Å². The van der Waals surface area contributed by atoms with E-state index in [-0.39, 0.29) is 0 Å². The number of nitrogens with one attached hydrogen (secondary N) is 1. The minimum absolute atomic E-state index is 0.870. The summed E-state index contributed by atoms with van der Waals surface area (Å²) in [5.74, 6) is 0.870. The molecule has 3 aromatic heterocycles. The lowest BCUT2D eigenvalue weighted by Gasteiger charge is -1.94. The lowest BCUT2D eigenvalue weighted by molar-refractivity contribution is 0.961. The molecule has 0 unspecified atom stereocenters. The summed E-state index contributed by atoms with van der Waals surface area (Å²) < 4.78 is 1.86. The zero-order chi connectivity index (χ0) is 13.5. The van der Waals surface area contributed by atoms with Crippen molar-refractivity contribution in [3.05, 3.63) is 54.4 Å². The van der Waals surface area contributed by atoms with Gasteiger partial charge >= 0.3 is 0 Å². The molecule has 3 heterocycles. The average molecular weight is 262 g/mol. The lowest BCUT2D eigenvalue weighted by atomic mass is 10.1. The Hall–Kier alpha value is -2.62. The monoisotopic (exact) mass is 262 g/mol. The van der Waals surface area contributed by atoms with E-state index in [0.29, 0.717) is 0 Å². The van der Waals surface area contributed by atoms with Gasteiger partial charge in [-0.1, -0.05) is 19.1 Å². The molecule has 0 radical (unpaired) electrons. The number of nitrogens with zero attached hydrogens (tertiary/aromatic N) is 3. The fraction of sp³-hybridized carbons (Fsp3) is 0.125. The quantitative estimate of drug-likeness (QED) is 0.601. The summed E-state index contributed by atoms with van der Waals surface area (Å²) in [6.07, 6.45) is 4.82. The highest BCUT2D eigenvalue weighted by atomic mass is 15.2. The standard InChI is InChI=1S/C16H14N4/c1-2-11-6-7-13-14(9-11)19-16(18-13)12-10-17-20-8-4-3-5-15(12)20/h3-10H,2H2,1H3,(H,18,19). The first-order chi connectivity index (χ1) is 9.85. The van der Waals surface area contributed by atoms with Crippen LogP contribution in [0.2, 0.25) is 0 Å². The molecule has 98 valence electrons. The molecule has 0 saturated carbocycles. The second-order valence-electron chi connectivity index (χ2n) is 4.88. The SMILES string of the molecule is CCc1ccc2nc(-c3cnn4ccccc34)[nH]c2c1. The lowest BCUT2D eigenvalue weighted by Crippen LogP contribution is -1.84. The molecule has 0 amide bonds. The summed E-state index contributed by atoms with van der Waals surface area (Å²) >= 11 is 0. The number of benzene rings is 1. The number of fused-ring (bicyclic) bond motifs is 2. The van der Waals surface area contributed by atoms with E-state index in [1.54, 1.807) is 0 Å². The van der Waals surface area contributed by atoms with Crippen molar-refractivity contribution in [3.63, 3.8) is 0 Å². The summed E-state index contributed by atoms with van der Waals surface area (Å²) in [6, 6.07) is 12.4. The fourth-order valence-electron chi connectivity index (χ4n) is 2.52. The van der Waals surface area contributed by atoms with Crippen molar-refractivity contribution in [2.45, 2.75) is 13.3 Å². The predicted molar refractivity (Wildman–Crippen MR) is 79.7 cm³/mol. The smallest absolute Gasteiger partial charge is 0.142 e. The van der Waals surface area contributed by atoms with Crippen molar-refractivity contribution in [2.75, 3.05) is 0 Å². The Balaban J connectivity index is 1.93. The van der Waals surface area contributed by atoms with Gasteiger partial charge in [-0.15, -0.1) is 0 Å². The van der Waals surface area contributed by atoms with Crippen molar-refractivity contribution in [1.29, 1.82) is 0 Å². The first-order valence-electron chi connectivity index (χ1n) is 6.76. The van der Waals surface area contributed by atoms with E-state index in [0.717, 1.165) is 34.4 Å². The molecule has 0 aliphatic heterocycles. The largest absolute Gasteiger partial charge is 0.338 e. The molecule has 0 spiro atoms. The van der Waals surface area contributed by atoms with Gasteiger partial charge < -0.3 is 4.98 Å². The fourth-order valence-corrected chi connectivity index (χ4v) is 2.52. The average Bonchev–Trinajstić information content (AvgIpc) is 3.09. The second kappa shape index (κ2) is 4.20. The highest BCUT2D eigenvalue weighted by Gasteiger charge is 2.10. The van der Waals surface area contributed by atoms with Crippen LogP contribution in [0.3, 0.4) is 0 Å². The maximum Gasteiger partial charge on any atom is 0.142 e. The number of hydrogen-bond donors (Lipinski definition) is 1. The zero-order valence-electron chi connectivity index (χ0n) is 11.2. The molecule has 0 aliphatic rings. The molecule has 4 heteroatoms. The van der Waals surface area contributed by atoms with Crippen molar-refractivity contribution in [1.82, 2.24) is 19.6 Å². The summed E-state index contributed by atoms with van der Waals surface area (Å²) in [5.41, 5.74) is 5.47. The van der Waals surface area contributed by atoms with E-state index in [2.05, 4.69) is 40.2 Å². The van der Waals surface area contributed by atoms with E-state index in [1.807, 2.05) is 35.1 Å². The van der Waals surface area contributed by atoms with Crippen molar-refractivity contribution < 1.29 is 0 Å². The Morgan fingerprint density at radius 1 is 1.20 bits per heavy atom. The topological polar surface area (TPSA) is 46.0 Å². The van der Waals surface area contributed by atoms with Gasteiger partial charge in [0, 0.05) is 6.20 Å². The van der Waals surface area contributed by atoms with E-state index < -0.39 is 0 Å². The molecule has 4 aromatic rings. The molecule has 20 heavy (non-hydrogen) atoms. The Kier molecular flexibility index (Phi) is 2.36. The third-order valence-corrected chi connectivity index (χ3v) is 3.64. The number of aromatic amines is 1. The second-order valence-corrected chi connectivity index (χ2v) is 4.88. The molecule has 0 fully saturated rings. The number of H-pyrrole nitrogens is 1. The number of pyridine rings is 1. The van der Waals surface area contributed by atoms with Gasteiger partial charge in [-0.2, -0.15) is 5.10 Å². The molecule has 0 atom stereocenters. The first-order valence-corrected chi connectivity index (χ1v) is 6.76. The number of rotatable bonds is 2. The zero-order valence-corrected chi connectivity index (χ0v) is 11.2. The van der Waals surface area contributed by atoms with Crippen molar-refractivity contribution in [2.24, 2.45) is 0 Å². The summed E-state index contributed by atoms with van der Waals surface area (Å²) in [7, 11) is 0. The molecular formula is C16H14N4. The molecule has 1 aromatic carbocycles. The molecule has 0 aliphatic carbocycles. The number of hydrogen-bond acceptors (Lipinski definition) is 2. The van der Waals surface area contributed by atoms with Crippen LogP contribution in [-0.2, 0) is 6.42 Å². The summed E-state index contributed by atoms with van der Waals surface area (Å²) in [4.78, 5) is 8.07. The number of aromatic nitrogens is 4. The molecular weight excluding hydrogens is 248 g/mol. The Bertz CT molecular complexity index is 901. The molecule has 1 N–H and O–H groups in total. The van der Waals surface area contributed by atoms with Crippen LogP contribution in [0, 0.1) is 0 Å². The Labute approximate surface area is 116 Å². The maximum absolute atomic E-state index is 4.67. The molecule has 0 bridgehead atoms. The normalized spacial score (nSPS) is 11.4. The summed E-state index contributed by atoms with van der Waals surface area (Å²) in [6.45, 7) is 2.16. The Morgan fingerprint density at radius 3 is 3.05 bits per heavy atom. The van der Waals surface area contributed by atoms with Gasteiger partial charge in [-0.05, 0) is 36.2 Å². The van der Waals surface area contributed by atoms with Gasteiger partial charge in [0.05, 0.1) is 28.3 Å². The third-order valence-electron chi connectivity index (χ3n) is 3.64. The highest BCUT2D eigenvalue weighted by Crippen LogP contribution is 2.24. The van der Waals surface area contributed by atoms with Gasteiger partial charge in [0.25, 0.3) is 0 Å². The van der Waals surface area contributed by atoms with Crippen LogP contribution in [-0.4, -0.2) is 19.6 Å². The number of aryl methyl sites for hydroxylation is 1. The first kappa shape index (κ1) is 11.2. The van der Waals surface area contributed by atoms with Crippen LogP contribution in [0.15, 0.2) is 48.8 Å². The van der Waals surface area contributed by atoms with Crippen LogP contribution in [0.25, 0.3) is 27.9 Å². The Morgan fingerprint density at radius 2 is 2.15 bits per heavy atom. The molecule has 4 rings (SSSR count). The van der Waals surface area contributed by atoms with Crippen LogP contribution in [0.1, 0.15) is 12.5 Å². The van der Waals surface area contributed by atoms with Crippen molar-refractivity contribution in [3.8, 4) is 11.4 Å². The van der Waals surface area contributed by atoms with E-state index in [4.69, 9.17) is 0 Å². The highest BCUT2D eigenvalue weighted by molar-refractivity contribution is 5.84. The van der Waals surface area contributed by atoms with Gasteiger partial charge in [0.15, 0.2) is 0 Å². The minimum Gasteiger partial charge on any atom is -0.338 e. The maximum atomic E-state index is 4.67. The van der Waals surface area contributed by atoms with Crippen LogP contribution < -0.4 is 0 Å². The van der Waals surface area contributed by atoms with Crippen LogP contribution in [0.4, 0.5) is 0 Å². The van der Waals surface area contributed by atoms with Gasteiger partial charge in [0.1, 0.15) is 5.82 Å². The van der Waals surface area contributed by atoms with Crippen LogP contribution >= 0.6 is 0 Å². The molecule has 4 nitrogen and oxygen atoms in total. The minimum atomic E-state index is 0.870. The van der Waals surface area contributed by atoms with Gasteiger partial charge in [-0.25, -0.2) is 9.50 Å². The summed E-state index contributed by atoms with van der Waals surface area (Å²) in [5, 5.41) is 4.36. The van der Waals surface area contributed by atoms with Gasteiger partial charge in [-0.3, -0.25) is 0 Å². The van der Waals surface area contributed by atoms with Crippen molar-refractivity contribution >= 4 is 16.6 Å². The predicted octanol–water partition coefficient (Wildman–Crippen LogP) is 3.44. The number of imidazole rings is 1. The van der Waals surface area contributed by atoms with Gasteiger partial charge in [0.2, 0.25) is 0 Å². The van der Waals surface area contributed by atoms with E-state index in [1.165, 1.54) is 5.56 Å². The molecule has 0 saturated heterocycles.